The first kappa shape index (κ1) is 21.4. The van der Waals surface area contributed by atoms with E-state index in [0.717, 1.165) is 32.1 Å². The van der Waals surface area contributed by atoms with Gasteiger partial charge in [0.1, 0.15) is 0 Å². The highest BCUT2D eigenvalue weighted by molar-refractivity contribution is 5.69. The third-order valence-corrected chi connectivity index (χ3v) is 4.30. The summed E-state index contributed by atoms with van der Waals surface area (Å²) in [7, 11) is 0. The van der Waals surface area contributed by atoms with E-state index in [2.05, 4.69) is 13.8 Å². The Hall–Kier alpha value is -0.570. The van der Waals surface area contributed by atoms with Gasteiger partial charge < -0.3 is 4.74 Å². The summed E-state index contributed by atoms with van der Waals surface area (Å²) in [5, 5.41) is 10.3. The van der Waals surface area contributed by atoms with Gasteiger partial charge in [0.25, 0.3) is 0 Å². The highest BCUT2D eigenvalue weighted by Gasteiger charge is 2.09. The van der Waals surface area contributed by atoms with Crippen LogP contribution in [-0.2, 0) is 14.6 Å². The van der Waals surface area contributed by atoms with Crippen LogP contribution in [0.2, 0.25) is 0 Å². The zero-order valence-corrected chi connectivity index (χ0v) is 14.9. The maximum Gasteiger partial charge on any atom is 0.305 e. The highest BCUT2D eigenvalue weighted by atomic mass is 16.5. The lowest BCUT2D eigenvalue weighted by molar-refractivity contribution is -0.145. The summed E-state index contributed by atoms with van der Waals surface area (Å²) in [5.41, 5.74) is 0. The second kappa shape index (κ2) is 16.8. The van der Waals surface area contributed by atoms with Gasteiger partial charge in [-0.25, -0.2) is 5.11 Å². The molecule has 1 radical (unpaired) electrons. The smallest absolute Gasteiger partial charge is 0.305 e. The van der Waals surface area contributed by atoms with Crippen molar-refractivity contribution in [1.82, 2.24) is 0 Å². The molecule has 0 saturated carbocycles. The van der Waals surface area contributed by atoms with Gasteiger partial charge in [0.2, 0.25) is 0 Å². The van der Waals surface area contributed by atoms with Crippen LogP contribution >= 0.6 is 0 Å². The second-order valence-electron chi connectivity index (χ2n) is 6.38. The van der Waals surface area contributed by atoms with E-state index in [4.69, 9.17) is 4.74 Å². The van der Waals surface area contributed by atoms with Crippen molar-refractivity contribution in [1.29, 1.82) is 0 Å². The van der Waals surface area contributed by atoms with Crippen molar-refractivity contribution in [2.24, 2.45) is 5.92 Å². The predicted octanol–water partition coefficient (Wildman–Crippen LogP) is 5.69. The van der Waals surface area contributed by atoms with Crippen LogP contribution in [0.15, 0.2) is 0 Å². The molecule has 3 heteroatoms. The summed E-state index contributed by atoms with van der Waals surface area (Å²) in [6.45, 7) is 5.04. The van der Waals surface area contributed by atoms with Crippen molar-refractivity contribution < 1.29 is 14.6 Å². The Morgan fingerprint density at radius 2 is 1.45 bits per heavy atom. The van der Waals surface area contributed by atoms with Crippen molar-refractivity contribution in [2.75, 3.05) is 13.2 Å². The van der Waals surface area contributed by atoms with Gasteiger partial charge >= 0.3 is 5.97 Å². The van der Waals surface area contributed by atoms with Gasteiger partial charge in [-0.1, -0.05) is 71.6 Å². The van der Waals surface area contributed by atoms with Crippen LogP contribution in [0.3, 0.4) is 0 Å². The standard InChI is InChI=1S/C19H37O3/c1-3-5-14-18(4-2)17-22-19(21)15-12-10-8-6-7-9-11-13-16-20/h18H,3-17H2,1-2H3. The molecule has 0 fully saturated rings. The fourth-order valence-electron chi connectivity index (χ4n) is 2.61. The van der Waals surface area contributed by atoms with Crippen LogP contribution in [-0.4, -0.2) is 19.2 Å². The molecule has 0 aromatic rings. The highest BCUT2D eigenvalue weighted by Crippen LogP contribution is 2.14. The third kappa shape index (κ3) is 14.4. The minimum atomic E-state index is -0.0228. The summed E-state index contributed by atoms with van der Waals surface area (Å²) in [6, 6.07) is 0. The van der Waals surface area contributed by atoms with Crippen LogP contribution in [0.4, 0.5) is 0 Å². The molecule has 0 amide bonds. The third-order valence-electron chi connectivity index (χ3n) is 4.30. The molecule has 1 unspecified atom stereocenters. The van der Waals surface area contributed by atoms with Crippen LogP contribution in [0, 0.1) is 5.92 Å². The van der Waals surface area contributed by atoms with Crippen LogP contribution in [0.1, 0.15) is 97.3 Å². The Kier molecular flexibility index (Phi) is 16.4. The number of ether oxygens (including phenoxy) is 1. The summed E-state index contributed by atoms with van der Waals surface area (Å²) in [5.74, 6) is 0.517. The lowest BCUT2D eigenvalue weighted by Gasteiger charge is -2.14. The fraction of sp³-hybridized carbons (Fsp3) is 0.947. The number of hydrogen-bond acceptors (Lipinski definition) is 2. The van der Waals surface area contributed by atoms with Crippen molar-refractivity contribution in [3.05, 3.63) is 0 Å². The van der Waals surface area contributed by atoms with Crippen LogP contribution < -0.4 is 0 Å². The molecule has 0 bridgehead atoms. The van der Waals surface area contributed by atoms with Gasteiger partial charge in [-0.2, -0.15) is 0 Å². The Balaban J connectivity index is 3.38. The average molecular weight is 314 g/mol. The lowest BCUT2D eigenvalue weighted by Crippen LogP contribution is -2.13. The fourth-order valence-corrected chi connectivity index (χ4v) is 2.61. The monoisotopic (exact) mass is 313 g/mol. The Morgan fingerprint density at radius 1 is 0.864 bits per heavy atom. The topological polar surface area (TPSA) is 46.2 Å². The first-order valence-corrected chi connectivity index (χ1v) is 9.48. The van der Waals surface area contributed by atoms with E-state index in [1.165, 1.54) is 44.9 Å². The van der Waals surface area contributed by atoms with Crippen LogP contribution in [0.5, 0.6) is 0 Å². The van der Waals surface area contributed by atoms with E-state index in [9.17, 15) is 9.90 Å². The zero-order chi connectivity index (χ0) is 16.5. The van der Waals surface area contributed by atoms with Gasteiger partial charge in [-0.3, -0.25) is 4.79 Å². The number of hydrogen-bond donors (Lipinski definition) is 0. The molecular formula is C19H37O3. The van der Waals surface area contributed by atoms with Crippen molar-refractivity contribution in [2.45, 2.75) is 97.3 Å². The molecule has 3 nitrogen and oxygen atoms in total. The van der Waals surface area contributed by atoms with E-state index in [-0.39, 0.29) is 12.6 Å². The van der Waals surface area contributed by atoms with Crippen molar-refractivity contribution in [3.8, 4) is 0 Å². The van der Waals surface area contributed by atoms with Gasteiger partial charge in [0.05, 0.1) is 13.2 Å². The molecule has 0 aliphatic heterocycles. The maximum absolute atomic E-state index is 11.7. The summed E-state index contributed by atoms with van der Waals surface area (Å²) < 4.78 is 5.40. The molecule has 0 spiro atoms. The SMILES string of the molecule is CCCCC(CC)COC(=O)CCCCCCCCCC[O]. The Morgan fingerprint density at radius 3 is 2.00 bits per heavy atom. The lowest BCUT2D eigenvalue weighted by atomic mass is 10.0. The minimum absolute atomic E-state index is 0.0228. The van der Waals surface area contributed by atoms with Gasteiger partial charge in [0, 0.05) is 6.42 Å². The van der Waals surface area contributed by atoms with E-state index in [1.54, 1.807) is 0 Å². The molecule has 0 heterocycles. The second-order valence-corrected chi connectivity index (χ2v) is 6.38. The van der Waals surface area contributed by atoms with Gasteiger partial charge in [0.15, 0.2) is 0 Å². The Bertz CT molecular complexity index is 241. The van der Waals surface area contributed by atoms with E-state index in [1.807, 2.05) is 0 Å². The Labute approximate surface area is 137 Å². The molecule has 0 aromatic heterocycles. The zero-order valence-electron chi connectivity index (χ0n) is 14.9. The molecule has 1 atom stereocenters. The maximum atomic E-state index is 11.7. The normalized spacial score (nSPS) is 12.3. The summed E-state index contributed by atoms with van der Waals surface area (Å²) in [4.78, 5) is 11.7. The molecule has 0 aliphatic rings. The van der Waals surface area contributed by atoms with E-state index < -0.39 is 0 Å². The molecular weight excluding hydrogens is 276 g/mol. The van der Waals surface area contributed by atoms with E-state index >= 15 is 0 Å². The molecule has 0 aromatic carbocycles. The predicted molar refractivity (Wildman–Crippen MR) is 91.4 cm³/mol. The first-order valence-electron chi connectivity index (χ1n) is 9.48. The van der Waals surface area contributed by atoms with Crippen molar-refractivity contribution in [3.63, 3.8) is 0 Å². The number of rotatable bonds is 16. The van der Waals surface area contributed by atoms with Crippen LogP contribution in [0.25, 0.3) is 0 Å². The number of unbranched alkanes of at least 4 members (excludes halogenated alkanes) is 8. The van der Waals surface area contributed by atoms with Gasteiger partial charge in [-0.05, 0) is 25.2 Å². The number of carbonyl (C=O) groups is 1. The van der Waals surface area contributed by atoms with Gasteiger partial charge in [-0.15, -0.1) is 0 Å². The molecule has 0 rings (SSSR count). The summed E-state index contributed by atoms with van der Waals surface area (Å²) in [6.07, 6.45) is 14.1. The number of esters is 1. The molecule has 0 N–H and O–H groups in total. The van der Waals surface area contributed by atoms with E-state index in [0.29, 0.717) is 18.9 Å². The number of carbonyl (C=O) groups excluding carboxylic acids is 1. The molecule has 0 aliphatic carbocycles. The first-order chi connectivity index (χ1) is 10.7. The average Bonchev–Trinajstić information content (AvgIpc) is 2.53. The largest absolute Gasteiger partial charge is 0.465 e. The summed E-state index contributed by atoms with van der Waals surface area (Å²) >= 11 is 0. The molecule has 22 heavy (non-hydrogen) atoms. The quantitative estimate of drug-likeness (QED) is 0.271. The minimum Gasteiger partial charge on any atom is -0.465 e. The molecule has 131 valence electrons. The van der Waals surface area contributed by atoms with Crippen molar-refractivity contribution >= 4 is 5.97 Å². The molecule has 0 saturated heterocycles.